The van der Waals surface area contributed by atoms with Crippen molar-refractivity contribution in [2.75, 3.05) is 0 Å². The first-order chi connectivity index (χ1) is 7.34. The van der Waals surface area contributed by atoms with Gasteiger partial charge >= 0.3 is 55.6 Å². The van der Waals surface area contributed by atoms with Gasteiger partial charge in [0.25, 0.3) is 0 Å². The molecule has 4 N–H and O–H groups in total. The average molecular weight is 268 g/mol. The van der Waals surface area contributed by atoms with Crippen LogP contribution in [0.3, 0.4) is 0 Å². The van der Waals surface area contributed by atoms with Gasteiger partial charge in [-0.2, -0.15) is 0 Å². The fourth-order valence-corrected chi connectivity index (χ4v) is 1.11. The Morgan fingerprint density at radius 2 is 1.12 bits per heavy atom. The number of phenols is 1. The summed E-state index contributed by atoms with van der Waals surface area (Å²) >= 11 is 0. The Morgan fingerprint density at radius 3 is 1.47 bits per heavy atom. The third-order valence-electron chi connectivity index (χ3n) is 1.83. The summed E-state index contributed by atoms with van der Waals surface area (Å²) in [6, 6.07) is 1.19. The molecule has 0 aliphatic heterocycles. The Balaban J connectivity index is 0.00000256. The molecule has 17 heavy (non-hydrogen) atoms. The Labute approximate surface area is 124 Å². The SMILES string of the molecule is O=C(O)c1cc(C(=O)O)c(C(=O)O)cc1O.[CaH2]. The molecular formula is C9H8CaO7. The molecule has 1 aromatic rings. The topological polar surface area (TPSA) is 132 Å². The van der Waals surface area contributed by atoms with Gasteiger partial charge in [-0.15, -0.1) is 0 Å². The van der Waals surface area contributed by atoms with Gasteiger partial charge in [0, 0.05) is 0 Å². The van der Waals surface area contributed by atoms with Gasteiger partial charge in [-0.05, 0) is 12.1 Å². The van der Waals surface area contributed by atoms with E-state index in [0.717, 1.165) is 0 Å². The van der Waals surface area contributed by atoms with Gasteiger partial charge in [0.2, 0.25) is 0 Å². The van der Waals surface area contributed by atoms with Crippen LogP contribution in [0.15, 0.2) is 12.1 Å². The molecule has 0 atom stereocenters. The number of aromatic hydroxyl groups is 1. The molecule has 0 aromatic heterocycles. The first kappa shape index (κ1) is 15.7. The first-order valence-electron chi connectivity index (χ1n) is 3.91. The molecule has 0 fully saturated rings. The molecule has 0 bridgehead atoms. The van der Waals surface area contributed by atoms with Crippen LogP contribution in [0, 0.1) is 0 Å². The van der Waals surface area contributed by atoms with Gasteiger partial charge in [0.1, 0.15) is 11.3 Å². The van der Waals surface area contributed by atoms with Crippen molar-refractivity contribution >= 4 is 55.6 Å². The van der Waals surface area contributed by atoms with Crippen molar-refractivity contribution in [1.82, 2.24) is 0 Å². The third kappa shape index (κ3) is 3.32. The number of carboxylic acids is 3. The standard InChI is InChI=1S/C9H6O7.Ca.2H/c10-6-2-4(8(13)14)3(7(11)12)1-5(6)9(15)16;;;/h1-2,10H,(H,11,12)(H,13,14)(H,15,16);;;. The summed E-state index contributed by atoms with van der Waals surface area (Å²) in [5, 5.41) is 35.1. The Bertz CT molecular complexity index is 494. The summed E-state index contributed by atoms with van der Waals surface area (Å²) in [5.74, 6) is -5.49. The molecule has 0 radical (unpaired) electrons. The fourth-order valence-electron chi connectivity index (χ4n) is 1.11. The molecule has 1 aromatic carbocycles. The number of benzene rings is 1. The zero-order valence-electron chi connectivity index (χ0n) is 7.67. The van der Waals surface area contributed by atoms with Crippen LogP contribution in [0.25, 0.3) is 0 Å². The molecule has 0 aliphatic carbocycles. The van der Waals surface area contributed by atoms with Crippen LogP contribution in [0.2, 0.25) is 0 Å². The van der Waals surface area contributed by atoms with Crippen LogP contribution in [-0.2, 0) is 0 Å². The summed E-state index contributed by atoms with van der Waals surface area (Å²) in [6.45, 7) is 0. The molecule has 0 aliphatic rings. The van der Waals surface area contributed by atoms with E-state index in [1.807, 2.05) is 0 Å². The molecule has 0 saturated carbocycles. The summed E-state index contributed by atoms with van der Waals surface area (Å²) < 4.78 is 0. The first-order valence-corrected chi connectivity index (χ1v) is 3.91. The van der Waals surface area contributed by atoms with Crippen molar-refractivity contribution in [1.29, 1.82) is 0 Å². The molecule has 8 heteroatoms. The second-order valence-corrected chi connectivity index (χ2v) is 2.83. The molecular weight excluding hydrogens is 260 g/mol. The van der Waals surface area contributed by atoms with E-state index in [-0.39, 0.29) is 37.7 Å². The van der Waals surface area contributed by atoms with Gasteiger partial charge in [0.05, 0.1) is 11.1 Å². The molecule has 0 unspecified atom stereocenters. The monoisotopic (exact) mass is 268 g/mol. The van der Waals surface area contributed by atoms with E-state index in [2.05, 4.69) is 0 Å². The van der Waals surface area contributed by atoms with Crippen molar-refractivity contribution in [3.8, 4) is 5.75 Å². The second kappa shape index (κ2) is 5.85. The van der Waals surface area contributed by atoms with Gasteiger partial charge in [-0.1, -0.05) is 0 Å². The van der Waals surface area contributed by atoms with E-state index < -0.39 is 40.3 Å². The third-order valence-corrected chi connectivity index (χ3v) is 1.83. The number of hydrogen-bond donors (Lipinski definition) is 4. The minimum atomic E-state index is -1.58. The number of aromatic carboxylic acids is 3. The van der Waals surface area contributed by atoms with Gasteiger partial charge in [-0.25, -0.2) is 14.4 Å². The van der Waals surface area contributed by atoms with Crippen LogP contribution >= 0.6 is 0 Å². The van der Waals surface area contributed by atoms with Crippen molar-refractivity contribution in [2.24, 2.45) is 0 Å². The van der Waals surface area contributed by atoms with Crippen LogP contribution < -0.4 is 0 Å². The quantitative estimate of drug-likeness (QED) is 0.547. The molecule has 0 saturated heterocycles. The Morgan fingerprint density at radius 1 is 0.765 bits per heavy atom. The van der Waals surface area contributed by atoms with E-state index in [1.165, 1.54) is 0 Å². The zero-order valence-corrected chi connectivity index (χ0v) is 7.67. The molecule has 1 rings (SSSR count). The summed E-state index contributed by atoms with van der Waals surface area (Å²) in [5.41, 5.74) is -2.03. The molecule has 0 spiro atoms. The van der Waals surface area contributed by atoms with Crippen molar-refractivity contribution in [3.63, 3.8) is 0 Å². The summed E-state index contributed by atoms with van der Waals surface area (Å²) in [6.07, 6.45) is 0. The van der Waals surface area contributed by atoms with E-state index in [9.17, 15) is 19.5 Å². The van der Waals surface area contributed by atoms with Crippen molar-refractivity contribution < 1.29 is 34.8 Å². The molecule has 7 nitrogen and oxygen atoms in total. The summed E-state index contributed by atoms with van der Waals surface area (Å²) in [7, 11) is 0. The van der Waals surface area contributed by atoms with Crippen molar-refractivity contribution in [3.05, 3.63) is 28.8 Å². The zero-order chi connectivity index (χ0) is 12.5. The van der Waals surface area contributed by atoms with E-state index in [4.69, 9.17) is 15.3 Å². The van der Waals surface area contributed by atoms with E-state index in [0.29, 0.717) is 12.1 Å². The van der Waals surface area contributed by atoms with Crippen LogP contribution in [0.5, 0.6) is 5.75 Å². The van der Waals surface area contributed by atoms with E-state index >= 15 is 0 Å². The second-order valence-electron chi connectivity index (χ2n) is 2.83. The maximum absolute atomic E-state index is 10.7. The van der Waals surface area contributed by atoms with Gasteiger partial charge < -0.3 is 20.4 Å². The minimum absolute atomic E-state index is 0. The van der Waals surface area contributed by atoms with Gasteiger partial charge in [-0.3, -0.25) is 0 Å². The normalized spacial score (nSPS) is 9.18. The number of hydrogen-bond acceptors (Lipinski definition) is 4. The predicted molar refractivity (Wildman–Crippen MR) is 57.5 cm³/mol. The molecule has 88 valence electrons. The Hall–Kier alpha value is -1.31. The Kier molecular flexibility index (Phi) is 5.40. The van der Waals surface area contributed by atoms with E-state index in [1.54, 1.807) is 0 Å². The fraction of sp³-hybridized carbons (Fsp3) is 0. The molecule has 0 heterocycles. The number of carbonyl (C=O) groups is 3. The predicted octanol–water partition coefficient (Wildman–Crippen LogP) is -0.429. The van der Waals surface area contributed by atoms with Gasteiger partial charge in [0.15, 0.2) is 0 Å². The average Bonchev–Trinajstić information content (AvgIpc) is 2.15. The van der Waals surface area contributed by atoms with Crippen LogP contribution in [-0.4, -0.2) is 76.1 Å². The number of rotatable bonds is 3. The van der Waals surface area contributed by atoms with Crippen LogP contribution in [0.1, 0.15) is 31.1 Å². The van der Waals surface area contributed by atoms with Crippen molar-refractivity contribution in [2.45, 2.75) is 0 Å². The van der Waals surface area contributed by atoms with Crippen LogP contribution in [0.4, 0.5) is 0 Å². The molecule has 0 amide bonds. The maximum atomic E-state index is 10.7. The summed E-state index contributed by atoms with van der Waals surface area (Å²) in [4.78, 5) is 31.9. The number of carboxylic acid groups (broad SMARTS) is 3.